The summed E-state index contributed by atoms with van der Waals surface area (Å²) in [5.41, 5.74) is 1.38. The van der Waals surface area contributed by atoms with Gasteiger partial charge in [-0.25, -0.2) is 0 Å². The van der Waals surface area contributed by atoms with Crippen molar-refractivity contribution in [2.24, 2.45) is 5.92 Å². The molecule has 1 atom stereocenters. The molecule has 1 aliphatic rings. The third-order valence-corrected chi connectivity index (χ3v) is 3.86. The maximum absolute atomic E-state index is 2.46. The molecule has 0 saturated carbocycles. The average molecular weight is 228 g/mol. The summed E-state index contributed by atoms with van der Waals surface area (Å²) >= 11 is 0. The van der Waals surface area contributed by atoms with Crippen LogP contribution in [-0.2, 0) is 6.54 Å². The third-order valence-electron chi connectivity index (χ3n) is 3.86. The second kappa shape index (κ2) is 4.53. The quantitative estimate of drug-likeness (QED) is 0.767. The molecule has 2 heterocycles. The minimum atomic E-state index is 0.810. The highest BCUT2D eigenvalue weighted by Crippen LogP contribution is 2.21. The van der Waals surface area contributed by atoms with Crippen molar-refractivity contribution in [2.45, 2.75) is 19.4 Å². The van der Waals surface area contributed by atoms with Gasteiger partial charge in [-0.05, 0) is 49.9 Å². The zero-order valence-electron chi connectivity index (χ0n) is 10.5. The molecule has 2 aromatic rings. The lowest BCUT2D eigenvalue weighted by Gasteiger charge is -2.30. The number of benzene rings is 1. The number of likely N-dealkylation sites (tertiary alicyclic amines) is 1. The topological polar surface area (TPSA) is 8.17 Å². The number of para-hydroxylation sites is 1. The molecule has 0 N–H and O–H groups in total. The largest absolute Gasteiger partial charge is 0.347 e. The SMILES string of the molecule is CN1CCCC(Cn2ccc3ccccc32)C1. The molecule has 17 heavy (non-hydrogen) atoms. The summed E-state index contributed by atoms with van der Waals surface area (Å²) in [4.78, 5) is 2.46. The highest BCUT2D eigenvalue weighted by molar-refractivity contribution is 5.79. The van der Waals surface area contributed by atoms with Crippen molar-refractivity contribution in [2.75, 3.05) is 20.1 Å². The van der Waals surface area contributed by atoms with E-state index in [1.165, 1.54) is 36.8 Å². The predicted octanol–water partition coefficient (Wildman–Crippen LogP) is 2.98. The van der Waals surface area contributed by atoms with Gasteiger partial charge >= 0.3 is 0 Å². The second-order valence-corrected chi connectivity index (χ2v) is 5.30. The van der Waals surface area contributed by atoms with Gasteiger partial charge in [0.15, 0.2) is 0 Å². The summed E-state index contributed by atoms with van der Waals surface area (Å²) in [6, 6.07) is 10.9. The van der Waals surface area contributed by atoms with Crippen LogP contribution in [0.25, 0.3) is 10.9 Å². The number of fused-ring (bicyclic) bond motifs is 1. The summed E-state index contributed by atoms with van der Waals surface area (Å²) in [6.07, 6.45) is 4.95. The molecule has 90 valence electrons. The van der Waals surface area contributed by atoms with Crippen molar-refractivity contribution in [1.29, 1.82) is 0 Å². The zero-order chi connectivity index (χ0) is 11.7. The van der Waals surface area contributed by atoms with Crippen LogP contribution >= 0.6 is 0 Å². The minimum Gasteiger partial charge on any atom is -0.347 e. The molecule has 0 spiro atoms. The maximum Gasteiger partial charge on any atom is 0.0480 e. The van der Waals surface area contributed by atoms with E-state index in [1.54, 1.807) is 0 Å². The first-order valence-corrected chi connectivity index (χ1v) is 6.55. The maximum atomic E-state index is 2.46. The van der Waals surface area contributed by atoms with Crippen LogP contribution in [-0.4, -0.2) is 29.6 Å². The van der Waals surface area contributed by atoms with E-state index in [2.05, 4.69) is 53.0 Å². The van der Waals surface area contributed by atoms with Gasteiger partial charge in [0.2, 0.25) is 0 Å². The fourth-order valence-electron chi connectivity index (χ4n) is 3.00. The molecule has 1 fully saturated rings. The van der Waals surface area contributed by atoms with Gasteiger partial charge in [-0.1, -0.05) is 18.2 Å². The molecule has 1 aromatic heterocycles. The van der Waals surface area contributed by atoms with Crippen LogP contribution in [0.5, 0.6) is 0 Å². The van der Waals surface area contributed by atoms with Crippen LogP contribution in [0.1, 0.15) is 12.8 Å². The van der Waals surface area contributed by atoms with Gasteiger partial charge in [-0.15, -0.1) is 0 Å². The standard InChI is InChI=1S/C15H20N2/c1-16-9-4-5-13(11-16)12-17-10-8-14-6-2-3-7-15(14)17/h2-3,6-8,10,13H,4-5,9,11-12H2,1H3. The summed E-state index contributed by atoms with van der Waals surface area (Å²) < 4.78 is 2.42. The van der Waals surface area contributed by atoms with Crippen LogP contribution in [0.15, 0.2) is 36.5 Å². The lowest BCUT2D eigenvalue weighted by molar-refractivity contribution is 0.196. The average Bonchev–Trinajstić information content (AvgIpc) is 2.73. The molecule has 0 amide bonds. The van der Waals surface area contributed by atoms with E-state index in [9.17, 15) is 0 Å². The van der Waals surface area contributed by atoms with Gasteiger partial charge < -0.3 is 9.47 Å². The van der Waals surface area contributed by atoms with Crippen LogP contribution in [0.4, 0.5) is 0 Å². The van der Waals surface area contributed by atoms with Crippen LogP contribution < -0.4 is 0 Å². The molecule has 0 bridgehead atoms. The Balaban J connectivity index is 1.80. The second-order valence-electron chi connectivity index (χ2n) is 5.30. The van der Waals surface area contributed by atoms with Gasteiger partial charge in [0.1, 0.15) is 0 Å². The first kappa shape index (κ1) is 10.8. The molecule has 1 aromatic carbocycles. The summed E-state index contributed by atoms with van der Waals surface area (Å²) in [6.45, 7) is 3.67. The van der Waals surface area contributed by atoms with E-state index in [4.69, 9.17) is 0 Å². The summed E-state index contributed by atoms with van der Waals surface area (Å²) in [5, 5.41) is 1.36. The Kier molecular flexibility index (Phi) is 2.89. The molecule has 3 rings (SSSR count). The Morgan fingerprint density at radius 3 is 3.00 bits per heavy atom. The van der Waals surface area contributed by atoms with E-state index >= 15 is 0 Å². The molecule has 2 nitrogen and oxygen atoms in total. The summed E-state index contributed by atoms with van der Waals surface area (Å²) in [7, 11) is 2.24. The normalized spacial score (nSPS) is 22.1. The molecule has 2 heteroatoms. The smallest absolute Gasteiger partial charge is 0.0480 e. The highest BCUT2D eigenvalue weighted by Gasteiger charge is 2.17. The van der Waals surface area contributed by atoms with Crippen LogP contribution in [0, 0.1) is 5.92 Å². The van der Waals surface area contributed by atoms with Gasteiger partial charge in [0.05, 0.1) is 0 Å². The lowest BCUT2D eigenvalue weighted by Crippen LogP contribution is -2.33. The third kappa shape index (κ3) is 2.22. The molecule has 1 saturated heterocycles. The predicted molar refractivity (Wildman–Crippen MR) is 72.2 cm³/mol. The highest BCUT2D eigenvalue weighted by atomic mass is 15.1. The van der Waals surface area contributed by atoms with Crippen molar-refractivity contribution < 1.29 is 0 Å². The van der Waals surface area contributed by atoms with Crippen molar-refractivity contribution >= 4 is 10.9 Å². The lowest BCUT2D eigenvalue weighted by atomic mass is 9.98. The molecule has 0 aliphatic carbocycles. The zero-order valence-corrected chi connectivity index (χ0v) is 10.5. The Labute approximate surface area is 103 Å². The number of piperidine rings is 1. The van der Waals surface area contributed by atoms with Crippen LogP contribution in [0.3, 0.4) is 0 Å². The molecule has 1 unspecified atom stereocenters. The number of hydrogen-bond donors (Lipinski definition) is 0. The van der Waals surface area contributed by atoms with E-state index < -0.39 is 0 Å². The fourth-order valence-corrected chi connectivity index (χ4v) is 3.00. The van der Waals surface area contributed by atoms with E-state index in [1.807, 2.05) is 0 Å². The number of rotatable bonds is 2. The Morgan fingerprint density at radius 1 is 1.24 bits per heavy atom. The van der Waals surface area contributed by atoms with E-state index in [0.717, 1.165) is 12.5 Å². The Morgan fingerprint density at radius 2 is 2.12 bits per heavy atom. The van der Waals surface area contributed by atoms with Gasteiger partial charge in [-0.3, -0.25) is 0 Å². The van der Waals surface area contributed by atoms with E-state index in [0.29, 0.717) is 0 Å². The molecular weight excluding hydrogens is 208 g/mol. The van der Waals surface area contributed by atoms with Gasteiger partial charge in [0.25, 0.3) is 0 Å². The van der Waals surface area contributed by atoms with Crippen molar-refractivity contribution in [3.05, 3.63) is 36.5 Å². The molecular formula is C15H20N2. The van der Waals surface area contributed by atoms with Crippen LogP contribution in [0.2, 0.25) is 0 Å². The fraction of sp³-hybridized carbons (Fsp3) is 0.467. The van der Waals surface area contributed by atoms with Gasteiger partial charge in [0, 0.05) is 24.8 Å². The van der Waals surface area contributed by atoms with E-state index in [-0.39, 0.29) is 0 Å². The van der Waals surface area contributed by atoms with Crippen molar-refractivity contribution in [1.82, 2.24) is 9.47 Å². The first-order chi connectivity index (χ1) is 8.33. The van der Waals surface area contributed by atoms with Crippen molar-refractivity contribution in [3.8, 4) is 0 Å². The van der Waals surface area contributed by atoms with Crippen molar-refractivity contribution in [3.63, 3.8) is 0 Å². The minimum absolute atomic E-state index is 0.810. The number of aromatic nitrogens is 1. The number of nitrogens with zero attached hydrogens (tertiary/aromatic N) is 2. The molecule has 0 radical (unpaired) electrons. The molecule has 1 aliphatic heterocycles. The first-order valence-electron chi connectivity index (χ1n) is 6.55. The Hall–Kier alpha value is -1.28. The Bertz CT molecular complexity index is 500. The number of hydrogen-bond acceptors (Lipinski definition) is 1. The van der Waals surface area contributed by atoms with Gasteiger partial charge in [-0.2, -0.15) is 0 Å². The monoisotopic (exact) mass is 228 g/mol. The summed E-state index contributed by atoms with van der Waals surface area (Å²) in [5.74, 6) is 0.810.